The normalized spacial score (nSPS) is 10.9. The Morgan fingerprint density at radius 3 is 2.50 bits per heavy atom. The molecule has 0 spiro atoms. The first-order chi connectivity index (χ1) is 10.5. The maximum absolute atomic E-state index is 12.2. The van der Waals surface area contributed by atoms with Gasteiger partial charge in [0.15, 0.2) is 0 Å². The van der Waals surface area contributed by atoms with Gasteiger partial charge in [-0.25, -0.2) is 0 Å². The van der Waals surface area contributed by atoms with E-state index in [0.717, 1.165) is 10.0 Å². The van der Waals surface area contributed by atoms with E-state index in [0.29, 0.717) is 15.7 Å². The van der Waals surface area contributed by atoms with Gasteiger partial charge in [-0.3, -0.25) is 4.79 Å². The van der Waals surface area contributed by atoms with Crippen LogP contribution in [0.15, 0.2) is 52.5 Å². The van der Waals surface area contributed by atoms with E-state index in [1.807, 2.05) is 18.2 Å². The molecule has 0 aliphatic rings. The van der Waals surface area contributed by atoms with Gasteiger partial charge in [0.1, 0.15) is 11.6 Å². The SMILES string of the molecule is N#C/C(=C/c1ccc(Br)cc1)C(=O)Nc1cc(Cl)ccc1Cl. The number of nitrogens with one attached hydrogen (secondary N) is 1. The summed E-state index contributed by atoms with van der Waals surface area (Å²) in [6, 6.07) is 13.8. The van der Waals surface area contributed by atoms with Crippen molar-refractivity contribution in [3.05, 3.63) is 68.1 Å². The highest BCUT2D eigenvalue weighted by Crippen LogP contribution is 2.26. The van der Waals surface area contributed by atoms with Crippen molar-refractivity contribution >= 4 is 56.8 Å². The predicted octanol–water partition coefficient (Wildman–Crippen LogP) is 5.30. The van der Waals surface area contributed by atoms with Gasteiger partial charge < -0.3 is 5.32 Å². The van der Waals surface area contributed by atoms with Crippen LogP contribution in [0.1, 0.15) is 5.56 Å². The summed E-state index contributed by atoms with van der Waals surface area (Å²) in [4.78, 5) is 12.2. The number of carbonyl (C=O) groups excluding carboxylic acids is 1. The highest BCUT2D eigenvalue weighted by atomic mass is 79.9. The van der Waals surface area contributed by atoms with Crippen molar-refractivity contribution in [2.45, 2.75) is 0 Å². The van der Waals surface area contributed by atoms with Crippen molar-refractivity contribution in [3.63, 3.8) is 0 Å². The molecular weight excluding hydrogens is 387 g/mol. The minimum absolute atomic E-state index is 0.0293. The highest BCUT2D eigenvalue weighted by molar-refractivity contribution is 9.10. The molecule has 2 rings (SSSR count). The lowest BCUT2D eigenvalue weighted by Gasteiger charge is -2.07. The molecule has 0 radical (unpaired) electrons. The topological polar surface area (TPSA) is 52.9 Å². The summed E-state index contributed by atoms with van der Waals surface area (Å²) in [6.45, 7) is 0. The molecular formula is C16H9BrCl2N2O. The average molecular weight is 396 g/mol. The molecule has 0 aromatic heterocycles. The number of halogens is 3. The van der Waals surface area contributed by atoms with Crippen molar-refractivity contribution in [2.75, 3.05) is 5.32 Å². The number of amides is 1. The predicted molar refractivity (Wildman–Crippen MR) is 92.8 cm³/mol. The van der Waals surface area contributed by atoms with E-state index in [1.165, 1.54) is 12.1 Å². The Labute approximate surface area is 146 Å². The van der Waals surface area contributed by atoms with Gasteiger partial charge in [-0.15, -0.1) is 0 Å². The lowest BCUT2D eigenvalue weighted by Crippen LogP contribution is -2.13. The Kier molecular flexibility index (Phi) is 5.62. The second kappa shape index (κ2) is 7.46. The van der Waals surface area contributed by atoms with Crippen molar-refractivity contribution < 1.29 is 4.79 Å². The van der Waals surface area contributed by atoms with E-state index >= 15 is 0 Å². The van der Waals surface area contributed by atoms with Crippen molar-refractivity contribution in [2.24, 2.45) is 0 Å². The molecule has 0 aliphatic carbocycles. The van der Waals surface area contributed by atoms with Crippen LogP contribution in [0, 0.1) is 11.3 Å². The number of nitriles is 1. The van der Waals surface area contributed by atoms with Crippen LogP contribution < -0.4 is 5.32 Å². The second-order valence-electron chi connectivity index (χ2n) is 4.30. The van der Waals surface area contributed by atoms with Crippen LogP contribution in [0.5, 0.6) is 0 Å². The molecule has 1 N–H and O–H groups in total. The molecule has 0 saturated carbocycles. The highest BCUT2D eigenvalue weighted by Gasteiger charge is 2.11. The maximum Gasteiger partial charge on any atom is 0.266 e. The fraction of sp³-hybridized carbons (Fsp3) is 0. The number of carbonyl (C=O) groups is 1. The first kappa shape index (κ1) is 16.6. The van der Waals surface area contributed by atoms with E-state index < -0.39 is 5.91 Å². The summed E-state index contributed by atoms with van der Waals surface area (Å²) in [6.07, 6.45) is 1.50. The van der Waals surface area contributed by atoms with Crippen molar-refractivity contribution in [1.29, 1.82) is 5.26 Å². The Bertz CT molecular complexity index is 780. The third kappa shape index (κ3) is 4.35. The van der Waals surface area contributed by atoms with E-state index in [4.69, 9.17) is 28.5 Å². The first-order valence-corrected chi connectivity index (χ1v) is 7.68. The first-order valence-electron chi connectivity index (χ1n) is 6.13. The molecule has 0 atom stereocenters. The van der Waals surface area contributed by atoms with Crippen LogP contribution in [0.4, 0.5) is 5.69 Å². The molecule has 0 unspecified atom stereocenters. The average Bonchev–Trinajstić information content (AvgIpc) is 2.50. The Hall–Kier alpha value is -1.80. The zero-order valence-electron chi connectivity index (χ0n) is 11.1. The van der Waals surface area contributed by atoms with Crippen LogP contribution in [0.3, 0.4) is 0 Å². The van der Waals surface area contributed by atoms with Gasteiger partial charge in [0.05, 0.1) is 10.7 Å². The van der Waals surface area contributed by atoms with Gasteiger partial charge >= 0.3 is 0 Å². The summed E-state index contributed by atoms with van der Waals surface area (Å²) < 4.78 is 0.915. The lowest BCUT2D eigenvalue weighted by molar-refractivity contribution is -0.112. The smallest absolute Gasteiger partial charge is 0.266 e. The molecule has 0 fully saturated rings. The molecule has 2 aromatic rings. The summed E-state index contributed by atoms with van der Waals surface area (Å²) in [5, 5.41) is 12.5. The Morgan fingerprint density at radius 2 is 1.86 bits per heavy atom. The van der Waals surface area contributed by atoms with E-state index in [2.05, 4.69) is 21.2 Å². The molecule has 6 heteroatoms. The summed E-state index contributed by atoms with van der Waals surface area (Å²) in [5.41, 5.74) is 1.07. The Morgan fingerprint density at radius 1 is 1.18 bits per heavy atom. The lowest BCUT2D eigenvalue weighted by atomic mass is 10.1. The third-order valence-corrected chi connectivity index (χ3v) is 3.82. The fourth-order valence-corrected chi connectivity index (χ4v) is 2.26. The molecule has 0 bridgehead atoms. The second-order valence-corrected chi connectivity index (χ2v) is 6.06. The molecule has 0 heterocycles. The molecule has 0 saturated heterocycles. The number of nitrogens with zero attached hydrogens (tertiary/aromatic N) is 1. The largest absolute Gasteiger partial charge is 0.320 e. The summed E-state index contributed by atoms with van der Waals surface area (Å²) in [5.74, 6) is -0.547. The molecule has 22 heavy (non-hydrogen) atoms. The summed E-state index contributed by atoms with van der Waals surface area (Å²) in [7, 11) is 0. The van der Waals surface area contributed by atoms with E-state index in [9.17, 15) is 4.79 Å². The Balaban J connectivity index is 2.24. The summed E-state index contributed by atoms with van der Waals surface area (Å²) >= 11 is 15.2. The number of hydrogen-bond acceptors (Lipinski definition) is 2. The van der Waals surface area contributed by atoms with Crippen LogP contribution in [0.2, 0.25) is 10.0 Å². The zero-order valence-corrected chi connectivity index (χ0v) is 14.2. The molecule has 110 valence electrons. The van der Waals surface area contributed by atoms with Crippen molar-refractivity contribution in [1.82, 2.24) is 0 Å². The third-order valence-electron chi connectivity index (χ3n) is 2.72. The van der Waals surface area contributed by atoms with E-state index in [-0.39, 0.29) is 5.57 Å². The quantitative estimate of drug-likeness (QED) is 0.566. The van der Waals surface area contributed by atoms with E-state index in [1.54, 1.807) is 24.3 Å². The van der Waals surface area contributed by atoms with Crippen molar-refractivity contribution in [3.8, 4) is 6.07 Å². The fourth-order valence-electron chi connectivity index (χ4n) is 1.66. The van der Waals surface area contributed by atoms with Gasteiger partial charge in [-0.05, 0) is 42.0 Å². The molecule has 1 amide bonds. The molecule has 0 aliphatic heterocycles. The van der Waals surface area contributed by atoms with Gasteiger partial charge in [-0.1, -0.05) is 51.3 Å². The van der Waals surface area contributed by atoms with Gasteiger partial charge in [0.25, 0.3) is 5.91 Å². The minimum Gasteiger partial charge on any atom is -0.320 e. The van der Waals surface area contributed by atoms with Crippen LogP contribution in [-0.2, 0) is 4.79 Å². The number of benzene rings is 2. The minimum atomic E-state index is -0.547. The maximum atomic E-state index is 12.2. The van der Waals surface area contributed by atoms with Crippen LogP contribution in [-0.4, -0.2) is 5.91 Å². The van der Waals surface area contributed by atoms with Gasteiger partial charge in [-0.2, -0.15) is 5.26 Å². The van der Waals surface area contributed by atoms with Gasteiger partial charge in [0, 0.05) is 9.50 Å². The molecule has 3 nitrogen and oxygen atoms in total. The van der Waals surface area contributed by atoms with Gasteiger partial charge in [0.2, 0.25) is 0 Å². The standard InChI is InChI=1S/C16H9BrCl2N2O/c17-12-3-1-10(2-4-12)7-11(9-20)16(22)21-15-8-13(18)5-6-14(15)19/h1-8H,(H,21,22)/b11-7-. The molecule has 2 aromatic carbocycles. The van der Waals surface area contributed by atoms with Crippen LogP contribution in [0.25, 0.3) is 6.08 Å². The number of hydrogen-bond donors (Lipinski definition) is 1. The van der Waals surface area contributed by atoms with Crippen LogP contribution >= 0.6 is 39.1 Å². The number of anilines is 1. The number of rotatable bonds is 3. The zero-order chi connectivity index (χ0) is 16.1. The monoisotopic (exact) mass is 394 g/mol.